The summed E-state index contributed by atoms with van der Waals surface area (Å²) in [5.41, 5.74) is 7.87. The molecule has 1 heterocycles. The number of benzene rings is 1. The Morgan fingerprint density at radius 2 is 2.15 bits per heavy atom. The Morgan fingerprint density at radius 3 is 2.85 bits per heavy atom. The lowest BCUT2D eigenvalue weighted by atomic mass is 10.3. The lowest BCUT2D eigenvalue weighted by Gasteiger charge is -2.02. The van der Waals surface area contributed by atoms with E-state index in [1.807, 2.05) is 12.1 Å². The molecule has 2 aromatic rings. The first kappa shape index (κ1) is 8.00. The molecule has 0 radical (unpaired) electrons. The van der Waals surface area contributed by atoms with Crippen molar-refractivity contribution in [3.63, 3.8) is 0 Å². The molecule has 0 saturated heterocycles. The van der Waals surface area contributed by atoms with Crippen molar-refractivity contribution in [1.82, 2.24) is 10.2 Å². The third-order valence-corrected chi connectivity index (χ3v) is 2.02. The lowest BCUT2D eigenvalue weighted by molar-refractivity contribution is 0.475. The minimum absolute atomic E-state index is 0.498. The topological polar surface area (TPSA) is 61.0 Å². The molecule has 0 atom stereocenters. The monoisotopic (exact) mass is 193 g/mol. The molecule has 1 aromatic carbocycles. The average molecular weight is 193 g/mol. The Hall–Kier alpha value is -1.62. The molecular formula is C8H7N3OS. The summed E-state index contributed by atoms with van der Waals surface area (Å²) in [6.07, 6.45) is 0. The highest BCUT2D eigenvalue weighted by molar-refractivity contribution is 7.11. The predicted molar refractivity (Wildman–Crippen MR) is 50.8 cm³/mol. The van der Waals surface area contributed by atoms with Crippen LogP contribution in [0.1, 0.15) is 0 Å². The van der Waals surface area contributed by atoms with Crippen LogP contribution in [-0.4, -0.2) is 10.2 Å². The molecule has 0 aliphatic carbocycles. The van der Waals surface area contributed by atoms with E-state index in [-0.39, 0.29) is 0 Å². The minimum atomic E-state index is 0.498. The Labute approximate surface area is 79.0 Å². The van der Waals surface area contributed by atoms with E-state index in [1.54, 1.807) is 17.6 Å². The Kier molecular flexibility index (Phi) is 2.09. The van der Waals surface area contributed by atoms with E-state index < -0.39 is 0 Å². The maximum absolute atomic E-state index is 5.67. The van der Waals surface area contributed by atoms with Crippen LogP contribution in [0.25, 0.3) is 0 Å². The minimum Gasteiger partial charge on any atom is -0.428 e. The van der Waals surface area contributed by atoms with Crippen LogP contribution in [0, 0.1) is 0 Å². The number of nitrogens with two attached hydrogens (primary N) is 1. The zero-order valence-electron chi connectivity index (χ0n) is 6.68. The number of hydrogen-bond donors (Lipinski definition) is 1. The van der Waals surface area contributed by atoms with E-state index >= 15 is 0 Å². The van der Waals surface area contributed by atoms with Gasteiger partial charge in [0.25, 0.3) is 5.19 Å². The van der Waals surface area contributed by atoms with Crippen LogP contribution in [0.4, 0.5) is 5.69 Å². The van der Waals surface area contributed by atoms with Gasteiger partial charge in [0.05, 0.1) is 5.69 Å². The van der Waals surface area contributed by atoms with Gasteiger partial charge in [0, 0.05) is 0 Å². The van der Waals surface area contributed by atoms with E-state index in [1.165, 1.54) is 11.3 Å². The van der Waals surface area contributed by atoms with Gasteiger partial charge in [-0.2, -0.15) is 0 Å². The number of ether oxygens (including phenoxy) is 1. The van der Waals surface area contributed by atoms with Crippen LogP contribution in [-0.2, 0) is 0 Å². The summed E-state index contributed by atoms with van der Waals surface area (Å²) in [5.74, 6) is 0.610. The second kappa shape index (κ2) is 3.40. The first-order chi connectivity index (χ1) is 6.36. The van der Waals surface area contributed by atoms with Gasteiger partial charge in [-0.15, -0.1) is 5.10 Å². The molecule has 2 N–H and O–H groups in total. The van der Waals surface area contributed by atoms with Crippen LogP contribution < -0.4 is 10.5 Å². The number of nitrogen functional groups attached to an aromatic ring is 1. The summed E-state index contributed by atoms with van der Waals surface area (Å²) in [5, 5.41) is 7.89. The van der Waals surface area contributed by atoms with Crippen molar-refractivity contribution < 1.29 is 4.74 Å². The fourth-order valence-corrected chi connectivity index (χ4v) is 1.29. The van der Waals surface area contributed by atoms with Crippen molar-refractivity contribution >= 4 is 17.0 Å². The van der Waals surface area contributed by atoms with Crippen LogP contribution in [0.15, 0.2) is 29.8 Å². The zero-order valence-corrected chi connectivity index (χ0v) is 7.49. The summed E-state index contributed by atoms with van der Waals surface area (Å²) in [6, 6.07) is 7.27. The van der Waals surface area contributed by atoms with Crippen LogP contribution in [0.2, 0.25) is 0 Å². The summed E-state index contributed by atoms with van der Waals surface area (Å²) in [6.45, 7) is 0. The summed E-state index contributed by atoms with van der Waals surface area (Å²) in [4.78, 5) is 0. The van der Waals surface area contributed by atoms with Gasteiger partial charge in [-0.1, -0.05) is 28.6 Å². The first-order valence-electron chi connectivity index (χ1n) is 3.65. The molecule has 5 heteroatoms. The van der Waals surface area contributed by atoms with Crippen LogP contribution in [0.3, 0.4) is 0 Å². The quantitative estimate of drug-likeness (QED) is 0.740. The molecule has 0 spiro atoms. The Balaban J connectivity index is 2.24. The summed E-state index contributed by atoms with van der Waals surface area (Å²) in [7, 11) is 0. The molecule has 0 aliphatic heterocycles. The fraction of sp³-hybridized carbons (Fsp3) is 0. The number of anilines is 1. The maximum atomic E-state index is 5.67. The molecule has 4 nitrogen and oxygen atoms in total. The van der Waals surface area contributed by atoms with E-state index in [0.717, 1.165) is 0 Å². The van der Waals surface area contributed by atoms with Crippen molar-refractivity contribution in [3.05, 3.63) is 29.8 Å². The third kappa shape index (κ3) is 1.75. The number of hydrogen-bond acceptors (Lipinski definition) is 5. The highest BCUT2D eigenvalue weighted by Crippen LogP contribution is 2.27. The fourth-order valence-electron chi connectivity index (χ4n) is 0.875. The average Bonchev–Trinajstić information content (AvgIpc) is 2.61. The van der Waals surface area contributed by atoms with Crippen molar-refractivity contribution in [1.29, 1.82) is 0 Å². The molecule has 0 bridgehead atoms. The largest absolute Gasteiger partial charge is 0.428 e. The third-order valence-electron chi connectivity index (χ3n) is 1.46. The molecule has 66 valence electrons. The second-order valence-electron chi connectivity index (χ2n) is 2.34. The van der Waals surface area contributed by atoms with Gasteiger partial charge in [-0.05, 0) is 12.1 Å². The Morgan fingerprint density at radius 1 is 1.31 bits per heavy atom. The van der Waals surface area contributed by atoms with Crippen LogP contribution >= 0.6 is 11.3 Å². The van der Waals surface area contributed by atoms with Crippen molar-refractivity contribution in [2.24, 2.45) is 0 Å². The smallest absolute Gasteiger partial charge is 0.299 e. The highest BCUT2D eigenvalue weighted by atomic mass is 32.1. The number of aromatic nitrogens is 2. The molecule has 0 fully saturated rings. The Bertz CT molecular complexity index is 388. The van der Waals surface area contributed by atoms with Gasteiger partial charge in [-0.25, -0.2) is 0 Å². The first-order valence-corrected chi connectivity index (χ1v) is 4.53. The zero-order chi connectivity index (χ0) is 9.10. The van der Waals surface area contributed by atoms with E-state index in [9.17, 15) is 0 Å². The number of para-hydroxylation sites is 2. The summed E-state index contributed by atoms with van der Waals surface area (Å²) >= 11 is 1.33. The van der Waals surface area contributed by atoms with Crippen LogP contribution in [0.5, 0.6) is 10.9 Å². The van der Waals surface area contributed by atoms with Crippen molar-refractivity contribution in [2.45, 2.75) is 0 Å². The molecule has 1 aromatic heterocycles. The standard InChI is InChI=1S/C8H7N3OS/c9-6-3-1-2-4-7(6)12-8-11-10-5-13-8/h1-5H,9H2. The highest BCUT2D eigenvalue weighted by Gasteiger charge is 2.02. The van der Waals surface area contributed by atoms with Crippen molar-refractivity contribution in [2.75, 3.05) is 5.73 Å². The van der Waals surface area contributed by atoms with Gasteiger partial charge < -0.3 is 10.5 Å². The molecule has 13 heavy (non-hydrogen) atoms. The molecule has 0 aliphatic rings. The van der Waals surface area contributed by atoms with E-state index in [0.29, 0.717) is 16.6 Å². The maximum Gasteiger partial charge on any atom is 0.299 e. The number of rotatable bonds is 2. The van der Waals surface area contributed by atoms with Gasteiger partial charge in [-0.3, -0.25) is 0 Å². The normalized spacial score (nSPS) is 9.85. The number of nitrogens with zero attached hydrogens (tertiary/aromatic N) is 2. The summed E-state index contributed by atoms with van der Waals surface area (Å²) < 4.78 is 5.37. The van der Waals surface area contributed by atoms with Crippen molar-refractivity contribution in [3.8, 4) is 10.9 Å². The lowest BCUT2D eigenvalue weighted by Crippen LogP contribution is -1.90. The van der Waals surface area contributed by atoms with E-state index in [2.05, 4.69) is 10.2 Å². The van der Waals surface area contributed by atoms with Gasteiger partial charge in [0.1, 0.15) is 5.51 Å². The van der Waals surface area contributed by atoms with Gasteiger partial charge in [0.2, 0.25) is 0 Å². The van der Waals surface area contributed by atoms with Gasteiger partial charge in [0.15, 0.2) is 5.75 Å². The molecule has 0 unspecified atom stereocenters. The second-order valence-corrected chi connectivity index (χ2v) is 3.14. The molecule has 0 amide bonds. The SMILES string of the molecule is Nc1ccccc1Oc1nncs1. The predicted octanol–water partition coefficient (Wildman–Crippen LogP) is 1.91. The van der Waals surface area contributed by atoms with E-state index in [4.69, 9.17) is 10.5 Å². The van der Waals surface area contributed by atoms with Gasteiger partial charge >= 0.3 is 0 Å². The molecular weight excluding hydrogens is 186 g/mol. The molecule has 0 saturated carbocycles. The molecule has 2 rings (SSSR count).